The molecule has 0 aliphatic carbocycles. The third-order valence-corrected chi connectivity index (χ3v) is 2.53. The van der Waals surface area contributed by atoms with Crippen LogP contribution in [0.1, 0.15) is 15.9 Å². The molecule has 0 saturated carbocycles. The number of pyridine rings is 1. The topological polar surface area (TPSA) is 88.5 Å². The zero-order chi connectivity index (χ0) is 15.2. The number of nitrogens with one attached hydrogen (secondary N) is 1. The molecule has 2 rings (SSSR count). The van der Waals surface area contributed by atoms with Crippen molar-refractivity contribution in [2.45, 2.75) is 6.61 Å². The molecule has 0 aliphatic rings. The number of halogens is 1. The van der Waals surface area contributed by atoms with Crippen molar-refractivity contribution in [3.63, 3.8) is 0 Å². The minimum Gasteiger partial charge on any atom is -0.478 e. The quantitative estimate of drug-likeness (QED) is 0.903. The molecule has 2 aromatic rings. The Bertz CT molecular complexity index is 661. The van der Waals surface area contributed by atoms with Crippen LogP contribution in [0, 0.1) is 5.82 Å². The summed E-state index contributed by atoms with van der Waals surface area (Å²) in [6.07, 6.45) is -0.0923. The summed E-state index contributed by atoms with van der Waals surface area (Å²) in [4.78, 5) is 25.9. The molecule has 1 heterocycles. The van der Waals surface area contributed by atoms with E-state index in [0.29, 0.717) is 0 Å². The molecule has 0 atom stereocenters. The van der Waals surface area contributed by atoms with Gasteiger partial charge in [-0.3, -0.25) is 5.32 Å². The van der Waals surface area contributed by atoms with Gasteiger partial charge in [-0.05, 0) is 11.6 Å². The lowest BCUT2D eigenvalue weighted by Gasteiger charge is -2.07. The second-order valence-corrected chi connectivity index (χ2v) is 4.04. The van der Waals surface area contributed by atoms with E-state index in [1.54, 1.807) is 24.3 Å². The highest BCUT2D eigenvalue weighted by molar-refractivity contribution is 5.90. The lowest BCUT2D eigenvalue weighted by atomic mass is 10.2. The van der Waals surface area contributed by atoms with Crippen LogP contribution in [-0.2, 0) is 11.3 Å². The van der Waals surface area contributed by atoms with Crippen LogP contribution in [0.2, 0.25) is 0 Å². The molecule has 0 bridgehead atoms. The van der Waals surface area contributed by atoms with Crippen LogP contribution in [0.25, 0.3) is 0 Å². The van der Waals surface area contributed by atoms with E-state index in [1.165, 1.54) is 0 Å². The van der Waals surface area contributed by atoms with Gasteiger partial charge in [0.2, 0.25) is 0 Å². The number of hydrogen-bond acceptors (Lipinski definition) is 4. The fraction of sp³-hybridized carbons (Fsp3) is 0.0714. The molecule has 2 N–H and O–H groups in total. The standard InChI is InChI=1S/C14H11FN2O4/c15-11-7-16-12(6-10(11)13(18)19)17-14(20)21-8-9-4-2-1-3-5-9/h1-7H,8H2,(H,18,19)(H,16,17,20). The summed E-state index contributed by atoms with van der Waals surface area (Å²) in [5.41, 5.74) is 0.217. The van der Waals surface area contributed by atoms with Crippen LogP contribution in [0.3, 0.4) is 0 Å². The largest absolute Gasteiger partial charge is 0.478 e. The molecule has 0 fully saturated rings. The Morgan fingerprint density at radius 2 is 2.00 bits per heavy atom. The van der Waals surface area contributed by atoms with Gasteiger partial charge in [0.05, 0.1) is 6.20 Å². The zero-order valence-electron chi connectivity index (χ0n) is 10.7. The van der Waals surface area contributed by atoms with Crippen molar-refractivity contribution in [2.75, 3.05) is 5.32 Å². The predicted octanol–water partition coefficient (Wildman–Crippen LogP) is 2.67. The summed E-state index contributed by atoms with van der Waals surface area (Å²) in [6.45, 7) is 0.0552. The molecule has 0 radical (unpaired) electrons. The Hall–Kier alpha value is -2.96. The van der Waals surface area contributed by atoms with Gasteiger partial charge >= 0.3 is 12.1 Å². The number of carbonyl (C=O) groups is 2. The number of carboxylic acids is 1. The SMILES string of the molecule is O=C(Nc1cc(C(=O)O)c(F)cn1)OCc1ccccc1. The summed E-state index contributed by atoms with van der Waals surface area (Å²) >= 11 is 0. The number of amides is 1. The van der Waals surface area contributed by atoms with Gasteiger partial charge in [-0.15, -0.1) is 0 Å². The molecule has 6 nitrogen and oxygen atoms in total. The number of aromatic carboxylic acids is 1. The van der Waals surface area contributed by atoms with Crippen molar-refractivity contribution < 1.29 is 23.8 Å². The minimum atomic E-state index is -1.45. The average Bonchev–Trinajstić information content (AvgIpc) is 2.48. The number of ether oxygens (including phenoxy) is 1. The molecular weight excluding hydrogens is 279 g/mol. The van der Waals surface area contributed by atoms with Crippen molar-refractivity contribution in [2.24, 2.45) is 0 Å². The maximum atomic E-state index is 13.1. The van der Waals surface area contributed by atoms with E-state index >= 15 is 0 Å². The average molecular weight is 290 g/mol. The van der Waals surface area contributed by atoms with E-state index in [9.17, 15) is 14.0 Å². The first-order valence-electron chi connectivity index (χ1n) is 5.93. The van der Waals surface area contributed by atoms with E-state index < -0.39 is 23.4 Å². The second kappa shape index (κ2) is 6.47. The Morgan fingerprint density at radius 3 is 2.67 bits per heavy atom. The molecule has 7 heteroatoms. The number of benzene rings is 1. The molecule has 0 spiro atoms. The van der Waals surface area contributed by atoms with E-state index in [4.69, 9.17) is 9.84 Å². The number of carbonyl (C=O) groups excluding carboxylic acids is 1. The highest BCUT2D eigenvalue weighted by Gasteiger charge is 2.13. The number of anilines is 1. The van der Waals surface area contributed by atoms with Gasteiger partial charge in [0.1, 0.15) is 18.0 Å². The Labute approximate surface area is 119 Å². The molecule has 0 saturated heterocycles. The third-order valence-electron chi connectivity index (χ3n) is 2.53. The highest BCUT2D eigenvalue weighted by Crippen LogP contribution is 2.12. The van der Waals surface area contributed by atoms with E-state index in [0.717, 1.165) is 17.8 Å². The van der Waals surface area contributed by atoms with E-state index in [2.05, 4.69) is 10.3 Å². The highest BCUT2D eigenvalue weighted by atomic mass is 19.1. The molecule has 1 amide bonds. The summed E-state index contributed by atoms with van der Waals surface area (Å²) < 4.78 is 18.1. The van der Waals surface area contributed by atoms with Crippen LogP contribution < -0.4 is 5.32 Å². The molecule has 0 unspecified atom stereocenters. The second-order valence-electron chi connectivity index (χ2n) is 4.04. The third kappa shape index (κ3) is 4.00. The van der Waals surface area contributed by atoms with Gasteiger partial charge in [0.25, 0.3) is 0 Å². The summed E-state index contributed by atoms with van der Waals surface area (Å²) in [5.74, 6) is -2.53. The monoisotopic (exact) mass is 290 g/mol. The van der Waals surface area contributed by atoms with E-state index in [1.807, 2.05) is 6.07 Å². The van der Waals surface area contributed by atoms with Gasteiger partial charge in [0.15, 0.2) is 5.82 Å². The Kier molecular flexibility index (Phi) is 4.45. The molecule has 108 valence electrons. The van der Waals surface area contributed by atoms with Crippen molar-refractivity contribution >= 4 is 17.9 Å². The van der Waals surface area contributed by atoms with Crippen LogP contribution >= 0.6 is 0 Å². The predicted molar refractivity (Wildman–Crippen MR) is 71.4 cm³/mol. The van der Waals surface area contributed by atoms with Crippen LogP contribution in [0.5, 0.6) is 0 Å². The fourth-order valence-corrected chi connectivity index (χ4v) is 1.53. The number of rotatable bonds is 4. The minimum absolute atomic E-state index is 0.0552. The molecular formula is C14H11FN2O4. The van der Waals surface area contributed by atoms with Gasteiger partial charge in [-0.2, -0.15) is 0 Å². The zero-order valence-corrected chi connectivity index (χ0v) is 10.7. The lowest BCUT2D eigenvalue weighted by Crippen LogP contribution is -2.15. The van der Waals surface area contributed by atoms with Crippen LogP contribution in [0.4, 0.5) is 15.0 Å². The summed E-state index contributed by atoms with van der Waals surface area (Å²) in [6, 6.07) is 9.92. The first kappa shape index (κ1) is 14.4. The Balaban J connectivity index is 1.97. The number of nitrogens with zero attached hydrogens (tertiary/aromatic N) is 1. The smallest absolute Gasteiger partial charge is 0.413 e. The van der Waals surface area contributed by atoms with Crippen molar-refractivity contribution in [3.05, 3.63) is 59.5 Å². The molecule has 0 aliphatic heterocycles. The maximum absolute atomic E-state index is 13.1. The normalized spacial score (nSPS) is 9.95. The van der Waals surface area contributed by atoms with Crippen molar-refractivity contribution in [1.82, 2.24) is 4.98 Å². The first-order valence-corrected chi connectivity index (χ1v) is 5.93. The fourth-order valence-electron chi connectivity index (χ4n) is 1.53. The molecule has 1 aromatic heterocycles. The Morgan fingerprint density at radius 1 is 1.29 bits per heavy atom. The van der Waals surface area contributed by atoms with E-state index in [-0.39, 0.29) is 12.4 Å². The number of aromatic nitrogens is 1. The summed E-state index contributed by atoms with van der Waals surface area (Å²) in [7, 11) is 0. The van der Waals surface area contributed by atoms with Gasteiger partial charge in [-0.1, -0.05) is 30.3 Å². The number of hydrogen-bond donors (Lipinski definition) is 2. The maximum Gasteiger partial charge on any atom is 0.413 e. The number of carboxylic acid groups (broad SMARTS) is 1. The molecule has 1 aromatic carbocycles. The van der Waals surface area contributed by atoms with Crippen molar-refractivity contribution in [1.29, 1.82) is 0 Å². The van der Waals surface area contributed by atoms with Crippen LogP contribution in [-0.4, -0.2) is 22.2 Å². The summed E-state index contributed by atoms with van der Waals surface area (Å²) in [5, 5.41) is 11.0. The first-order chi connectivity index (χ1) is 10.1. The van der Waals surface area contributed by atoms with Gasteiger partial charge in [0, 0.05) is 0 Å². The van der Waals surface area contributed by atoms with Gasteiger partial charge < -0.3 is 9.84 Å². The van der Waals surface area contributed by atoms with Crippen molar-refractivity contribution in [3.8, 4) is 0 Å². The van der Waals surface area contributed by atoms with Crippen LogP contribution in [0.15, 0.2) is 42.6 Å². The molecule has 21 heavy (non-hydrogen) atoms. The lowest BCUT2D eigenvalue weighted by molar-refractivity contribution is 0.0691. The van der Waals surface area contributed by atoms with Gasteiger partial charge in [-0.25, -0.2) is 19.0 Å².